The van der Waals surface area contributed by atoms with E-state index < -0.39 is 10.8 Å². The summed E-state index contributed by atoms with van der Waals surface area (Å²) in [5.74, 6) is -0.388. The van der Waals surface area contributed by atoms with Gasteiger partial charge in [0.15, 0.2) is 11.5 Å². The van der Waals surface area contributed by atoms with E-state index in [1.165, 1.54) is 0 Å². The highest BCUT2D eigenvalue weighted by Gasteiger charge is 2.60. The summed E-state index contributed by atoms with van der Waals surface area (Å²) in [6.07, 6.45) is 0. The van der Waals surface area contributed by atoms with Crippen LogP contribution in [0.15, 0.2) is 69.6 Å². The Morgan fingerprint density at radius 2 is 0.927 bits per heavy atom. The number of hydrogen-bond acceptors (Lipinski definition) is 4. The van der Waals surface area contributed by atoms with Crippen molar-refractivity contribution in [1.82, 2.24) is 0 Å². The Bertz CT molecular complexity index is 1600. The van der Waals surface area contributed by atoms with Gasteiger partial charge in [-0.2, -0.15) is 0 Å². The number of hydrogen-bond donors (Lipinski definition) is 3. The zero-order valence-corrected chi connectivity index (χ0v) is 28.0. The number of halogens is 2. The second kappa shape index (κ2) is 9.81. The minimum Gasteiger partial charge on any atom is -0.507 e. The number of anilines is 3. The summed E-state index contributed by atoms with van der Waals surface area (Å²) in [6.45, 7) is 16.6. The van der Waals surface area contributed by atoms with Gasteiger partial charge in [0, 0.05) is 37.1 Å². The average molecular weight is 679 g/mol. The van der Waals surface area contributed by atoms with Crippen LogP contribution in [-0.2, 0) is 10.8 Å². The SMILES string of the molecule is Cc1cc(N(c2ccc(Br)cc2)c2ccc(Br)cc2)cc(C)c1-c1c(O)c(O)c2c(c1O)C(C)(C)C(C)(C)C2(C)C. The van der Waals surface area contributed by atoms with Gasteiger partial charge in [-0.3, -0.25) is 0 Å². The molecule has 3 N–H and O–H groups in total. The molecule has 0 saturated heterocycles. The van der Waals surface area contributed by atoms with Gasteiger partial charge < -0.3 is 20.2 Å². The number of aryl methyl sites for hydroxylation is 2. The third-order valence-corrected chi connectivity index (χ3v) is 11.0. The van der Waals surface area contributed by atoms with Gasteiger partial charge in [-0.1, -0.05) is 73.4 Å². The van der Waals surface area contributed by atoms with Crippen molar-refractivity contribution in [3.63, 3.8) is 0 Å². The molecule has 41 heavy (non-hydrogen) atoms. The molecule has 214 valence electrons. The fourth-order valence-corrected chi connectivity index (χ4v) is 7.19. The van der Waals surface area contributed by atoms with Gasteiger partial charge in [0.25, 0.3) is 0 Å². The summed E-state index contributed by atoms with van der Waals surface area (Å²) < 4.78 is 1.99. The van der Waals surface area contributed by atoms with E-state index >= 15 is 0 Å². The van der Waals surface area contributed by atoms with Gasteiger partial charge in [-0.05, 0) is 107 Å². The highest BCUT2D eigenvalue weighted by molar-refractivity contribution is 9.10. The maximum absolute atomic E-state index is 11.9. The number of fused-ring (bicyclic) bond motifs is 1. The Hall–Kier alpha value is -2.96. The van der Waals surface area contributed by atoms with Crippen LogP contribution in [0.2, 0.25) is 0 Å². The van der Waals surface area contributed by atoms with Gasteiger partial charge in [0.1, 0.15) is 5.75 Å². The first-order chi connectivity index (χ1) is 19.0. The Labute approximate surface area is 259 Å². The van der Waals surface area contributed by atoms with Crippen LogP contribution >= 0.6 is 31.9 Å². The zero-order valence-electron chi connectivity index (χ0n) is 24.8. The standard InChI is InChI=1S/C35H37Br2NO3/c1-19-17-25(38(23-13-9-21(36)10-14-23)24-15-11-22(37)12-16-24)18-20(2)26(19)27-30(39)28-29(32(41)31(27)40)34(5,6)35(7,8)33(28,3)4/h9-18,39-41H,1-8H3. The molecule has 0 heterocycles. The van der Waals surface area contributed by atoms with Crippen molar-refractivity contribution < 1.29 is 15.3 Å². The molecule has 0 atom stereocenters. The molecule has 0 aliphatic heterocycles. The molecule has 5 rings (SSSR count). The summed E-state index contributed by atoms with van der Waals surface area (Å²) in [4.78, 5) is 2.18. The van der Waals surface area contributed by atoms with Crippen LogP contribution in [0.4, 0.5) is 17.1 Å². The minimum atomic E-state index is -0.479. The van der Waals surface area contributed by atoms with Crippen molar-refractivity contribution in [2.45, 2.75) is 66.2 Å². The monoisotopic (exact) mass is 677 g/mol. The minimum absolute atomic E-state index is 0.0376. The summed E-state index contributed by atoms with van der Waals surface area (Å²) in [7, 11) is 0. The van der Waals surface area contributed by atoms with Crippen LogP contribution in [0.1, 0.15) is 63.8 Å². The third kappa shape index (κ3) is 4.28. The second-order valence-electron chi connectivity index (χ2n) is 12.8. The van der Waals surface area contributed by atoms with E-state index in [1.54, 1.807) is 0 Å². The Kier molecular flexibility index (Phi) is 7.06. The van der Waals surface area contributed by atoms with Crippen LogP contribution in [-0.4, -0.2) is 15.3 Å². The summed E-state index contributed by atoms with van der Waals surface area (Å²) in [5, 5.41) is 34.9. The lowest BCUT2D eigenvalue weighted by Crippen LogP contribution is -2.42. The smallest absolute Gasteiger partial charge is 0.169 e. The molecule has 4 aromatic rings. The van der Waals surface area contributed by atoms with Crippen LogP contribution in [0.5, 0.6) is 17.2 Å². The van der Waals surface area contributed by atoms with Crippen molar-refractivity contribution in [1.29, 1.82) is 0 Å². The van der Waals surface area contributed by atoms with E-state index in [2.05, 4.69) is 115 Å². The largest absolute Gasteiger partial charge is 0.507 e. The first-order valence-corrected chi connectivity index (χ1v) is 15.4. The highest BCUT2D eigenvalue weighted by Crippen LogP contribution is 2.68. The van der Waals surface area contributed by atoms with Crippen LogP contribution in [0.25, 0.3) is 11.1 Å². The molecule has 0 unspecified atom stereocenters. The lowest BCUT2D eigenvalue weighted by Gasteiger charge is -2.44. The number of aromatic hydroxyl groups is 3. The summed E-state index contributed by atoms with van der Waals surface area (Å²) in [5.41, 5.74) is 5.76. The number of rotatable bonds is 4. The van der Waals surface area contributed by atoms with E-state index in [4.69, 9.17) is 0 Å². The van der Waals surface area contributed by atoms with Crippen molar-refractivity contribution in [3.8, 4) is 28.4 Å². The fourth-order valence-electron chi connectivity index (χ4n) is 6.66. The van der Waals surface area contributed by atoms with E-state index in [1.807, 2.05) is 38.1 Å². The average Bonchev–Trinajstić information content (AvgIpc) is 3.00. The summed E-state index contributed by atoms with van der Waals surface area (Å²) >= 11 is 7.09. The Morgan fingerprint density at radius 3 is 1.34 bits per heavy atom. The number of nitrogens with zero attached hydrogens (tertiary/aromatic N) is 1. The van der Waals surface area contributed by atoms with Crippen molar-refractivity contribution >= 4 is 48.9 Å². The van der Waals surface area contributed by atoms with Crippen LogP contribution in [0.3, 0.4) is 0 Å². The van der Waals surface area contributed by atoms with Crippen LogP contribution < -0.4 is 4.90 Å². The highest BCUT2D eigenvalue weighted by atomic mass is 79.9. The first kappa shape index (κ1) is 29.5. The molecule has 6 heteroatoms. The predicted molar refractivity (Wildman–Crippen MR) is 176 cm³/mol. The van der Waals surface area contributed by atoms with E-state index in [9.17, 15) is 15.3 Å². The van der Waals surface area contributed by atoms with Gasteiger partial charge in [-0.25, -0.2) is 0 Å². The molecule has 1 aliphatic carbocycles. The van der Waals surface area contributed by atoms with E-state index in [0.717, 1.165) is 37.1 Å². The molecule has 0 bridgehead atoms. The van der Waals surface area contributed by atoms with Gasteiger partial charge in [0.05, 0.1) is 5.56 Å². The Balaban J connectivity index is 1.75. The maximum Gasteiger partial charge on any atom is 0.169 e. The van der Waals surface area contributed by atoms with E-state index in [-0.39, 0.29) is 28.2 Å². The molecule has 0 aromatic heterocycles. The maximum atomic E-state index is 11.9. The second-order valence-corrected chi connectivity index (χ2v) is 14.6. The number of phenols is 3. The van der Waals surface area contributed by atoms with Crippen molar-refractivity contribution in [3.05, 3.63) is 91.9 Å². The molecular weight excluding hydrogens is 642 g/mol. The zero-order chi connectivity index (χ0) is 30.2. The lowest BCUT2D eigenvalue weighted by molar-refractivity contribution is 0.122. The topological polar surface area (TPSA) is 63.9 Å². The molecule has 4 nitrogen and oxygen atoms in total. The molecule has 0 amide bonds. The molecule has 0 saturated carbocycles. The molecule has 0 spiro atoms. The quantitative estimate of drug-likeness (QED) is 0.148. The van der Waals surface area contributed by atoms with E-state index in [0.29, 0.717) is 16.7 Å². The van der Waals surface area contributed by atoms with Gasteiger partial charge in [-0.15, -0.1) is 0 Å². The van der Waals surface area contributed by atoms with Crippen molar-refractivity contribution in [2.24, 2.45) is 5.41 Å². The number of benzene rings is 4. The van der Waals surface area contributed by atoms with Crippen LogP contribution in [0, 0.1) is 19.3 Å². The molecule has 1 aliphatic rings. The Morgan fingerprint density at radius 1 is 0.537 bits per heavy atom. The summed E-state index contributed by atoms with van der Waals surface area (Å²) in [6, 6.07) is 20.4. The van der Waals surface area contributed by atoms with Gasteiger partial charge in [0.2, 0.25) is 0 Å². The first-order valence-electron chi connectivity index (χ1n) is 13.8. The predicted octanol–water partition coefficient (Wildman–Crippen LogP) is 10.7. The molecule has 0 radical (unpaired) electrons. The molecule has 0 fully saturated rings. The lowest BCUT2D eigenvalue weighted by atomic mass is 9.59. The normalized spacial score (nSPS) is 16.4. The van der Waals surface area contributed by atoms with Crippen molar-refractivity contribution in [2.75, 3.05) is 4.90 Å². The van der Waals surface area contributed by atoms with Gasteiger partial charge >= 0.3 is 0 Å². The molecule has 4 aromatic carbocycles. The fraction of sp³-hybridized carbons (Fsp3) is 0.314. The number of phenolic OH excluding ortho intramolecular Hbond substituents is 3. The molecular formula is C35H37Br2NO3. The third-order valence-electron chi connectivity index (χ3n) is 9.99.